The van der Waals surface area contributed by atoms with Crippen molar-refractivity contribution >= 4 is 50.7 Å². The number of alkyl halides is 1. The molecule has 0 saturated heterocycles. The minimum atomic E-state index is -0.586. The van der Waals surface area contributed by atoms with E-state index in [4.69, 9.17) is 5.73 Å². The predicted octanol–water partition coefficient (Wildman–Crippen LogP) is 5.40. The van der Waals surface area contributed by atoms with Crippen molar-refractivity contribution in [3.05, 3.63) is 130 Å². The Morgan fingerprint density at radius 3 is 2.51 bits per heavy atom. The summed E-state index contributed by atoms with van der Waals surface area (Å²) < 4.78 is 3.26. The number of pyridine rings is 2. The van der Waals surface area contributed by atoms with Crippen LogP contribution in [-0.4, -0.2) is 30.1 Å². The first-order chi connectivity index (χ1) is 20.8. The Hall–Kier alpha value is -5.02. The molecule has 4 aromatic heterocycles. The van der Waals surface area contributed by atoms with Gasteiger partial charge in [0, 0.05) is 41.1 Å². The van der Waals surface area contributed by atoms with Gasteiger partial charge in [-0.15, -0.1) is 5.10 Å². The molecule has 0 bridgehead atoms. The molecular weight excluding hydrogens is 653 g/mol. The number of anilines is 1. The SMILES string of the molecule is CC(I)c1ccn2nc(N)c(C(=O)NC(C)c3cc4cccc(C#Cc5ccncc5)c4c(=O)n3-c3ccccc3)c2n1. The first-order valence-electron chi connectivity index (χ1n) is 13.6. The third-order valence-electron chi connectivity index (χ3n) is 7.07. The van der Waals surface area contributed by atoms with E-state index >= 15 is 0 Å². The average molecular weight is 680 g/mol. The molecule has 6 rings (SSSR count). The van der Waals surface area contributed by atoms with E-state index in [0.29, 0.717) is 33.4 Å². The number of carbonyl (C=O) groups is 1. The molecule has 4 heterocycles. The van der Waals surface area contributed by atoms with E-state index in [2.05, 4.69) is 54.8 Å². The molecule has 0 spiro atoms. The van der Waals surface area contributed by atoms with E-state index in [9.17, 15) is 9.59 Å². The Morgan fingerprint density at radius 2 is 1.77 bits per heavy atom. The number of nitrogens with two attached hydrogens (primary N) is 1. The van der Waals surface area contributed by atoms with Crippen molar-refractivity contribution in [1.82, 2.24) is 29.5 Å². The van der Waals surface area contributed by atoms with Gasteiger partial charge in [-0.3, -0.25) is 19.1 Å². The predicted molar refractivity (Wildman–Crippen MR) is 175 cm³/mol. The topological polar surface area (TPSA) is 120 Å². The van der Waals surface area contributed by atoms with Crippen LogP contribution in [0.2, 0.25) is 0 Å². The van der Waals surface area contributed by atoms with Crippen LogP contribution < -0.4 is 16.6 Å². The minimum Gasteiger partial charge on any atom is -0.381 e. The standard InChI is InChI=1S/C33H26IN7O2/c1-20(34)26-15-18-40-31(38-26)29(30(35)39-40)32(42)37-21(2)27-19-24-8-6-7-23(12-11-22-13-16-36-17-14-22)28(24)33(43)41(27)25-9-4-3-5-10-25/h3-10,13-21H,1-2H3,(H2,35,39)(H,37,42). The van der Waals surface area contributed by atoms with Crippen molar-refractivity contribution in [3.63, 3.8) is 0 Å². The maximum atomic E-state index is 14.3. The van der Waals surface area contributed by atoms with Crippen molar-refractivity contribution < 1.29 is 4.79 Å². The summed E-state index contributed by atoms with van der Waals surface area (Å²) in [5, 5.41) is 8.52. The Balaban J connectivity index is 1.46. The minimum absolute atomic E-state index is 0.0758. The van der Waals surface area contributed by atoms with Gasteiger partial charge in [-0.1, -0.05) is 64.8 Å². The summed E-state index contributed by atoms with van der Waals surface area (Å²) in [5.41, 5.74) is 10.0. The highest BCUT2D eigenvalue weighted by molar-refractivity contribution is 14.1. The van der Waals surface area contributed by atoms with Gasteiger partial charge in [0.2, 0.25) is 0 Å². The highest BCUT2D eigenvalue weighted by Crippen LogP contribution is 2.26. The lowest BCUT2D eigenvalue weighted by molar-refractivity contribution is 0.0941. The summed E-state index contributed by atoms with van der Waals surface area (Å²) in [6.07, 6.45) is 5.10. The molecule has 10 heteroatoms. The largest absolute Gasteiger partial charge is 0.381 e. The van der Waals surface area contributed by atoms with Crippen LogP contribution in [-0.2, 0) is 0 Å². The summed E-state index contributed by atoms with van der Waals surface area (Å²) in [4.78, 5) is 36.6. The molecule has 2 unspecified atom stereocenters. The molecule has 2 atom stereocenters. The lowest BCUT2D eigenvalue weighted by Gasteiger charge is -2.21. The number of nitrogens with one attached hydrogen (secondary N) is 1. The van der Waals surface area contributed by atoms with Crippen LogP contribution in [0.3, 0.4) is 0 Å². The number of amides is 1. The normalized spacial score (nSPS) is 12.4. The van der Waals surface area contributed by atoms with E-state index < -0.39 is 11.9 Å². The fraction of sp³-hybridized carbons (Fsp3) is 0.121. The van der Waals surface area contributed by atoms with Crippen molar-refractivity contribution in [1.29, 1.82) is 0 Å². The van der Waals surface area contributed by atoms with Crippen LogP contribution in [0.25, 0.3) is 22.1 Å². The number of halogens is 1. The molecule has 0 saturated carbocycles. The van der Waals surface area contributed by atoms with Gasteiger partial charge in [-0.2, -0.15) is 0 Å². The van der Waals surface area contributed by atoms with Crippen LogP contribution >= 0.6 is 22.6 Å². The molecule has 0 aliphatic heterocycles. The molecule has 0 aliphatic rings. The van der Waals surface area contributed by atoms with E-state index in [0.717, 1.165) is 11.3 Å². The maximum absolute atomic E-state index is 14.3. The number of hydrogen-bond donors (Lipinski definition) is 2. The fourth-order valence-electron chi connectivity index (χ4n) is 4.97. The molecule has 3 N–H and O–H groups in total. The quantitative estimate of drug-likeness (QED) is 0.143. The Kier molecular flexibility index (Phi) is 7.65. The highest BCUT2D eigenvalue weighted by Gasteiger charge is 2.24. The Morgan fingerprint density at radius 1 is 1.00 bits per heavy atom. The third-order valence-corrected chi connectivity index (χ3v) is 7.71. The highest BCUT2D eigenvalue weighted by atomic mass is 127. The lowest BCUT2D eigenvalue weighted by Crippen LogP contribution is -2.32. The van der Waals surface area contributed by atoms with Crippen molar-refractivity contribution in [2.75, 3.05) is 5.73 Å². The lowest BCUT2D eigenvalue weighted by atomic mass is 10.0. The van der Waals surface area contributed by atoms with Gasteiger partial charge in [0.05, 0.1) is 21.0 Å². The smallest absolute Gasteiger partial charge is 0.264 e. The second-order valence-corrected chi connectivity index (χ2v) is 11.9. The summed E-state index contributed by atoms with van der Waals surface area (Å²) in [6.45, 7) is 3.85. The number of aromatic nitrogens is 5. The van der Waals surface area contributed by atoms with Crippen molar-refractivity contribution in [2.24, 2.45) is 0 Å². The number of nitrogens with zero attached hydrogens (tertiary/aromatic N) is 5. The van der Waals surface area contributed by atoms with Crippen LogP contribution in [0.1, 0.15) is 56.7 Å². The molecule has 0 aliphatic carbocycles. The van der Waals surface area contributed by atoms with Crippen molar-refractivity contribution in [2.45, 2.75) is 23.8 Å². The van der Waals surface area contributed by atoms with Gasteiger partial charge in [0.15, 0.2) is 11.5 Å². The zero-order valence-corrected chi connectivity index (χ0v) is 25.5. The molecule has 0 radical (unpaired) electrons. The van der Waals surface area contributed by atoms with E-state index in [-0.39, 0.29) is 20.9 Å². The number of rotatable bonds is 5. The van der Waals surface area contributed by atoms with E-state index in [1.54, 1.807) is 23.2 Å². The molecule has 43 heavy (non-hydrogen) atoms. The molecule has 2 aromatic carbocycles. The van der Waals surface area contributed by atoms with Crippen LogP contribution in [0.4, 0.5) is 5.82 Å². The Labute approximate surface area is 260 Å². The zero-order valence-electron chi connectivity index (χ0n) is 23.3. The summed E-state index contributed by atoms with van der Waals surface area (Å²) in [7, 11) is 0. The van der Waals surface area contributed by atoms with Gasteiger partial charge in [-0.05, 0) is 61.7 Å². The molecule has 1 amide bonds. The molecule has 212 valence electrons. The van der Waals surface area contributed by atoms with Gasteiger partial charge in [0.25, 0.3) is 11.5 Å². The van der Waals surface area contributed by atoms with Gasteiger partial charge in [0.1, 0.15) is 5.56 Å². The van der Waals surface area contributed by atoms with Crippen LogP contribution in [0.5, 0.6) is 0 Å². The van der Waals surface area contributed by atoms with Gasteiger partial charge < -0.3 is 11.1 Å². The molecule has 6 aromatic rings. The second kappa shape index (κ2) is 11.7. The average Bonchev–Trinajstić information content (AvgIpc) is 3.35. The number of benzene rings is 2. The van der Waals surface area contributed by atoms with Crippen LogP contribution in [0, 0.1) is 11.8 Å². The number of fused-ring (bicyclic) bond motifs is 2. The zero-order chi connectivity index (χ0) is 30.1. The number of hydrogen-bond acceptors (Lipinski definition) is 6. The van der Waals surface area contributed by atoms with E-state index in [1.165, 1.54) is 4.52 Å². The fourth-order valence-corrected chi connectivity index (χ4v) is 5.31. The number of nitrogen functional groups attached to an aromatic ring is 1. The molecule has 0 fully saturated rings. The monoisotopic (exact) mass is 679 g/mol. The summed E-state index contributed by atoms with van der Waals surface area (Å²) in [6, 6.07) is 21.7. The summed E-state index contributed by atoms with van der Waals surface area (Å²) >= 11 is 2.27. The second-order valence-electron chi connectivity index (χ2n) is 9.99. The van der Waals surface area contributed by atoms with Crippen LogP contribution in [0.15, 0.2) is 96.2 Å². The first-order valence-corrected chi connectivity index (χ1v) is 14.8. The van der Waals surface area contributed by atoms with E-state index in [1.807, 2.05) is 86.6 Å². The Bertz CT molecular complexity index is 2110. The molecule has 9 nitrogen and oxygen atoms in total. The number of para-hydroxylation sites is 1. The van der Waals surface area contributed by atoms with Crippen molar-refractivity contribution in [3.8, 4) is 17.5 Å². The maximum Gasteiger partial charge on any atom is 0.264 e. The molecular formula is C33H26IN7O2. The van der Waals surface area contributed by atoms with Gasteiger partial charge >= 0.3 is 0 Å². The number of carbonyl (C=O) groups excluding carboxylic acids is 1. The van der Waals surface area contributed by atoms with Gasteiger partial charge in [-0.25, -0.2) is 9.50 Å². The first kappa shape index (κ1) is 28.1. The third kappa shape index (κ3) is 5.47. The summed E-state index contributed by atoms with van der Waals surface area (Å²) in [5.74, 6) is 5.94.